The van der Waals surface area contributed by atoms with Gasteiger partial charge in [-0.1, -0.05) is 17.7 Å². The van der Waals surface area contributed by atoms with Crippen LogP contribution in [0.2, 0.25) is 5.02 Å². The van der Waals surface area contributed by atoms with Crippen molar-refractivity contribution in [3.63, 3.8) is 0 Å². The Bertz CT molecular complexity index is 924. The highest BCUT2D eigenvalue weighted by Gasteiger charge is 2.12. The van der Waals surface area contributed by atoms with E-state index in [-0.39, 0.29) is 12.8 Å². The van der Waals surface area contributed by atoms with Gasteiger partial charge in [0.15, 0.2) is 6.61 Å². The molecule has 0 fully saturated rings. The van der Waals surface area contributed by atoms with Crippen molar-refractivity contribution in [2.45, 2.75) is 26.7 Å². The molecule has 30 heavy (non-hydrogen) atoms. The van der Waals surface area contributed by atoms with Crippen LogP contribution in [0.5, 0.6) is 0 Å². The Hall–Kier alpha value is -3.39. The van der Waals surface area contributed by atoms with Crippen LogP contribution in [0.15, 0.2) is 42.5 Å². The number of hydrogen-bond donors (Lipinski definition) is 3. The number of hydrazine groups is 1. The molecule has 158 valence electrons. The quantitative estimate of drug-likeness (QED) is 0.460. The SMILES string of the molecule is Cc1cc(C)cc(NC(=O)COC(=O)CCC(=O)NNC(=O)c2ccc(Cl)cc2)c1. The summed E-state index contributed by atoms with van der Waals surface area (Å²) in [6.07, 6.45) is -0.447. The van der Waals surface area contributed by atoms with Crippen LogP contribution in [-0.2, 0) is 19.1 Å². The summed E-state index contributed by atoms with van der Waals surface area (Å²) < 4.78 is 4.86. The van der Waals surface area contributed by atoms with Crippen molar-refractivity contribution in [2.75, 3.05) is 11.9 Å². The minimum atomic E-state index is -0.704. The molecule has 0 bridgehead atoms. The Kier molecular flexibility index (Phi) is 8.37. The van der Waals surface area contributed by atoms with Crippen molar-refractivity contribution in [1.82, 2.24) is 10.9 Å². The van der Waals surface area contributed by atoms with Crippen molar-refractivity contribution in [2.24, 2.45) is 0 Å². The molecule has 8 nitrogen and oxygen atoms in total. The normalized spacial score (nSPS) is 10.1. The zero-order chi connectivity index (χ0) is 22.1. The molecule has 0 aliphatic rings. The Morgan fingerprint density at radius 2 is 1.50 bits per heavy atom. The van der Waals surface area contributed by atoms with Gasteiger partial charge < -0.3 is 10.1 Å². The lowest BCUT2D eigenvalue weighted by atomic mass is 10.1. The summed E-state index contributed by atoms with van der Waals surface area (Å²) in [7, 11) is 0. The van der Waals surface area contributed by atoms with Crippen LogP contribution < -0.4 is 16.2 Å². The molecule has 0 heterocycles. The molecule has 0 aliphatic carbocycles. The highest BCUT2D eigenvalue weighted by atomic mass is 35.5. The zero-order valence-corrected chi connectivity index (χ0v) is 17.3. The molecule has 2 aromatic rings. The molecule has 2 rings (SSSR count). The maximum atomic E-state index is 11.9. The zero-order valence-electron chi connectivity index (χ0n) is 16.6. The first kappa shape index (κ1) is 22.9. The van der Waals surface area contributed by atoms with Gasteiger partial charge in [-0.25, -0.2) is 0 Å². The topological polar surface area (TPSA) is 114 Å². The van der Waals surface area contributed by atoms with Gasteiger partial charge in [0.25, 0.3) is 11.8 Å². The maximum absolute atomic E-state index is 11.9. The van der Waals surface area contributed by atoms with Crippen molar-refractivity contribution in [1.29, 1.82) is 0 Å². The fourth-order valence-corrected chi connectivity index (χ4v) is 2.67. The molecular weight excluding hydrogens is 410 g/mol. The number of carbonyl (C=O) groups excluding carboxylic acids is 4. The second-order valence-electron chi connectivity index (χ2n) is 6.59. The van der Waals surface area contributed by atoms with Gasteiger partial charge in [0.1, 0.15) is 0 Å². The third-order valence-corrected chi connectivity index (χ3v) is 4.10. The van der Waals surface area contributed by atoms with Crippen LogP contribution in [-0.4, -0.2) is 30.3 Å². The van der Waals surface area contributed by atoms with Gasteiger partial charge >= 0.3 is 5.97 Å². The number of aryl methyl sites for hydroxylation is 2. The van der Waals surface area contributed by atoms with E-state index >= 15 is 0 Å². The maximum Gasteiger partial charge on any atom is 0.306 e. The van der Waals surface area contributed by atoms with E-state index in [1.54, 1.807) is 24.3 Å². The fraction of sp³-hybridized carbons (Fsp3) is 0.238. The molecule has 3 amide bonds. The number of amides is 3. The van der Waals surface area contributed by atoms with Crippen molar-refractivity contribution in [3.8, 4) is 0 Å². The number of ether oxygens (including phenoxy) is 1. The molecule has 0 radical (unpaired) electrons. The van der Waals surface area contributed by atoms with E-state index < -0.39 is 30.3 Å². The van der Waals surface area contributed by atoms with E-state index in [4.69, 9.17) is 16.3 Å². The molecule has 0 unspecified atom stereocenters. The predicted octanol–water partition coefficient (Wildman–Crippen LogP) is 2.68. The van der Waals surface area contributed by atoms with Crippen molar-refractivity contribution < 1.29 is 23.9 Å². The summed E-state index contributed by atoms with van der Waals surface area (Å²) in [5.41, 5.74) is 7.35. The van der Waals surface area contributed by atoms with Crippen molar-refractivity contribution in [3.05, 3.63) is 64.2 Å². The number of halogens is 1. The molecule has 0 spiro atoms. The van der Waals surface area contributed by atoms with Gasteiger partial charge in [0.2, 0.25) is 5.91 Å². The Morgan fingerprint density at radius 1 is 0.867 bits per heavy atom. The van der Waals surface area contributed by atoms with Gasteiger partial charge in [0.05, 0.1) is 6.42 Å². The van der Waals surface area contributed by atoms with E-state index in [9.17, 15) is 19.2 Å². The third kappa shape index (κ3) is 7.92. The molecular formula is C21H22ClN3O5. The summed E-state index contributed by atoms with van der Waals surface area (Å²) in [6.45, 7) is 3.36. The van der Waals surface area contributed by atoms with Gasteiger partial charge in [0, 0.05) is 22.7 Å². The number of esters is 1. The Labute approximate surface area is 178 Å². The van der Waals surface area contributed by atoms with E-state index in [0.29, 0.717) is 16.3 Å². The Morgan fingerprint density at radius 3 is 2.13 bits per heavy atom. The summed E-state index contributed by atoms with van der Waals surface area (Å²) in [6, 6.07) is 11.7. The van der Waals surface area contributed by atoms with Crippen LogP contribution in [0, 0.1) is 13.8 Å². The predicted molar refractivity (Wildman–Crippen MR) is 112 cm³/mol. The highest BCUT2D eigenvalue weighted by molar-refractivity contribution is 6.30. The van der Waals surface area contributed by atoms with E-state index in [1.807, 2.05) is 19.9 Å². The lowest BCUT2D eigenvalue weighted by Gasteiger charge is -2.09. The molecule has 0 saturated carbocycles. The molecule has 0 atom stereocenters. The number of benzene rings is 2. The minimum absolute atomic E-state index is 0.210. The van der Waals surface area contributed by atoms with Crippen LogP contribution >= 0.6 is 11.6 Å². The summed E-state index contributed by atoms with van der Waals surface area (Å²) in [5.74, 6) is -2.28. The lowest BCUT2D eigenvalue weighted by Crippen LogP contribution is -2.41. The van der Waals surface area contributed by atoms with Gasteiger partial charge in [-0.05, 0) is 61.4 Å². The van der Waals surface area contributed by atoms with Crippen molar-refractivity contribution >= 4 is 41.0 Å². The van der Waals surface area contributed by atoms with Crippen LogP contribution in [0.4, 0.5) is 5.69 Å². The van der Waals surface area contributed by atoms with Gasteiger partial charge in [-0.2, -0.15) is 0 Å². The molecule has 2 aromatic carbocycles. The Balaban J connectivity index is 1.66. The largest absolute Gasteiger partial charge is 0.456 e. The standard InChI is InChI=1S/C21H22ClN3O5/c1-13-9-14(2)11-17(10-13)23-19(27)12-30-20(28)8-7-18(26)24-25-21(29)15-3-5-16(22)6-4-15/h3-6,9-11H,7-8,12H2,1-2H3,(H,23,27)(H,24,26)(H,25,29). The lowest BCUT2D eigenvalue weighted by molar-refractivity contribution is -0.148. The fourth-order valence-electron chi connectivity index (χ4n) is 2.54. The number of nitrogens with one attached hydrogen (secondary N) is 3. The van der Waals surface area contributed by atoms with Crippen LogP contribution in [0.25, 0.3) is 0 Å². The summed E-state index contributed by atoms with van der Waals surface area (Å²) in [4.78, 5) is 47.2. The molecule has 9 heteroatoms. The van der Waals surface area contributed by atoms with Crippen LogP contribution in [0.1, 0.15) is 34.3 Å². The number of rotatable bonds is 7. The molecule has 3 N–H and O–H groups in total. The second-order valence-corrected chi connectivity index (χ2v) is 7.03. The van der Waals surface area contributed by atoms with E-state index in [0.717, 1.165) is 11.1 Å². The molecule has 0 aliphatic heterocycles. The van der Waals surface area contributed by atoms with Gasteiger partial charge in [-0.15, -0.1) is 0 Å². The number of carbonyl (C=O) groups is 4. The average Bonchev–Trinajstić information content (AvgIpc) is 2.68. The smallest absolute Gasteiger partial charge is 0.306 e. The summed E-state index contributed by atoms with van der Waals surface area (Å²) in [5, 5.41) is 3.13. The molecule has 0 aromatic heterocycles. The monoisotopic (exact) mass is 431 g/mol. The van der Waals surface area contributed by atoms with Crippen LogP contribution in [0.3, 0.4) is 0 Å². The second kappa shape index (κ2) is 11.0. The first-order chi connectivity index (χ1) is 14.2. The van der Waals surface area contributed by atoms with Gasteiger partial charge in [-0.3, -0.25) is 30.0 Å². The first-order valence-electron chi connectivity index (χ1n) is 9.11. The minimum Gasteiger partial charge on any atom is -0.456 e. The highest BCUT2D eigenvalue weighted by Crippen LogP contribution is 2.13. The average molecular weight is 432 g/mol. The van der Waals surface area contributed by atoms with E-state index in [1.165, 1.54) is 12.1 Å². The molecule has 0 saturated heterocycles. The summed E-state index contributed by atoms with van der Waals surface area (Å²) >= 11 is 5.74. The van der Waals surface area contributed by atoms with E-state index in [2.05, 4.69) is 16.2 Å². The number of hydrogen-bond acceptors (Lipinski definition) is 5. The third-order valence-electron chi connectivity index (χ3n) is 3.85. The number of anilines is 1. The first-order valence-corrected chi connectivity index (χ1v) is 9.49.